The molecular formula is C26H21F4N5O3. The fraction of sp³-hybridized carbons (Fsp3) is 0.269. The number of carbonyl (C=O) groups is 1. The third kappa shape index (κ3) is 5.06. The van der Waals surface area contributed by atoms with Gasteiger partial charge in [-0.05, 0) is 36.1 Å². The first-order valence-corrected chi connectivity index (χ1v) is 11.6. The van der Waals surface area contributed by atoms with Crippen molar-refractivity contribution in [2.75, 3.05) is 12.4 Å². The molecule has 8 nitrogen and oxygen atoms in total. The van der Waals surface area contributed by atoms with Crippen LogP contribution in [0, 0.1) is 5.82 Å². The summed E-state index contributed by atoms with van der Waals surface area (Å²) in [7, 11) is 1.55. The van der Waals surface area contributed by atoms with Gasteiger partial charge in [-0.25, -0.2) is 14.4 Å². The Balaban J connectivity index is 1.22. The van der Waals surface area contributed by atoms with E-state index >= 15 is 0 Å². The summed E-state index contributed by atoms with van der Waals surface area (Å²) in [6.07, 6.45) is 1.84. The number of aromatic nitrogens is 4. The Labute approximate surface area is 214 Å². The van der Waals surface area contributed by atoms with Crippen LogP contribution in [0.3, 0.4) is 0 Å². The van der Waals surface area contributed by atoms with Crippen LogP contribution in [0.2, 0.25) is 0 Å². The van der Waals surface area contributed by atoms with Gasteiger partial charge in [0, 0.05) is 42.2 Å². The van der Waals surface area contributed by atoms with Crippen LogP contribution in [0.5, 0.6) is 5.75 Å². The van der Waals surface area contributed by atoms with Crippen molar-refractivity contribution < 1.29 is 31.6 Å². The molecule has 1 amide bonds. The van der Waals surface area contributed by atoms with Crippen LogP contribution in [0.4, 0.5) is 23.4 Å². The second-order valence-electron chi connectivity index (χ2n) is 8.94. The molecule has 4 aromatic rings. The third-order valence-corrected chi connectivity index (χ3v) is 6.42. The van der Waals surface area contributed by atoms with E-state index in [1.807, 2.05) is 6.07 Å². The van der Waals surface area contributed by atoms with Gasteiger partial charge < -0.3 is 14.6 Å². The van der Waals surface area contributed by atoms with E-state index in [-0.39, 0.29) is 36.4 Å². The molecule has 0 aliphatic heterocycles. The van der Waals surface area contributed by atoms with Crippen molar-refractivity contribution in [1.29, 1.82) is 0 Å². The van der Waals surface area contributed by atoms with Crippen LogP contribution in [-0.2, 0) is 23.1 Å². The molecule has 0 atom stereocenters. The molecule has 1 aliphatic carbocycles. The average Bonchev–Trinajstić information content (AvgIpc) is 3.60. The summed E-state index contributed by atoms with van der Waals surface area (Å²) in [5.74, 6) is -0.598. The molecule has 1 aliphatic rings. The summed E-state index contributed by atoms with van der Waals surface area (Å²) in [6, 6.07) is 7.23. The van der Waals surface area contributed by atoms with E-state index in [2.05, 4.69) is 25.4 Å². The van der Waals surface area contributed by atoms with Crippen molar-refractivity contribution in [3.63, 3.8) is 0 Å². The van der Waals surface area contributed by atoms with Crippen molar-refractivity contribution >= 4 is 11.7 Å². The quantitative estimate of drug-likeness (QED) is 0.320. The molecule has 1 N–H and O–H groups in total. The molecule has 1 aromatic carbocycles. The van der Waals surface area contributed by atoms with Crippen molar-refractivity contribution in [2.24, 2.45) is 0 Å². The van der Waals surface area contributed by atoms with Gasteiger partial charge in [0.1, 0.15) is 22.8 Å². The molecule has 5 rings (SSSR count). The maximum Gasteiger partial charge on any atom is 0.401 e. The van der Waals surface area contributed by atoms with E-state index in [9.17, 15) is 22.4 Å². The molecule has 3 aromatic heterocycles. The van der Waals surface area contributed by atoms with Gasteiger partial charge in [0.25, 0.3) is 0 Å². The fourth-order valence-electron chi connectivity index (χ4n) is 4.09. The summed E-state index contributed by atoms with van der Waals surface area (Å²) in [4.78, 5) is 25.1. The monoisotopic (exact) mass is 527 g/mol. The average molecular weight is 527 g/mol. The van der Waals surface area contributed by atoms with Crippen molar-refractivity contribution in [1.82, 2.24) is 20.1 Å². The van der Waals surface area contributed by atoms with Gasteiger partial charge in [-0.15, -0.1) is 0 Å². The number of alkyl halides is 3. The SMILES string of the molecule is COc1cnccc1Cc1ncc(-c2ccc(CC(=O)Nc3cc(C4(C(F)(F)F)CC4)on3)c(F)c2)cn1. The predicted molar refractivity (Wildman–Crippen MR) is 127 cm³/mol. The zero-order valence-corrected chi connectivity index (χ0v) is 20.1. The number of hydrogen-bond acceptors (Lipinski definition) is 7. The summed E-state index contributed by atoms with van der Waals surface area (Å²) in [5.41, 5.74) is 0.0323. The van der Waals surface area contributed by atoms with E-state index in [4.69, 9.17) is 9.26 Å². The Hall–Kier alpha value is -4.35. The molecule has 0 saturated heterocycles. The first kappa shape index (κ1) is 25.3. The van der Waals surface area contributed by atoms with Gasteiger partial charge in [0.15, 0.2) is 11.6 Å². The number of ether oxygens (including phenoxy) is 1. The molecule has 196 valence electrons. The summed E-state index contributed by atoms with van der Waals surface area (Å²) < 4.78 is 64.6. The summed E-state index contributed by atoms with van der Waals surface area (Å²) >= 11 is 0. The Kier molecular flexibility index (Phi) is 6.55. The van der Waals surface area contributed by atoms with Gasteiger partial charge in [0.05, 0.1) is 19.7 Å². The smallest absolute Gasteiger partial charge is 0.401 e. The van der Waals surface area contributed by atoms with Crippen molar-refractivity contribution in [2.45, 2.75) is 37.3 Å². The number of anilines is 1. The molecular weight excluding hydrogens is 506 g/mol. The minimum atomic E-state index is -4.46. The van der Waals surface area contributed by atoms with Gasteiger partial charge >= 0.3 is 6.18 Å². The number of benzene rings is 1. The van der Waals surface area contributed by atoms with Crippen LogP contribution < -0.4 is 10.1 Å². The second kappa shape index (κ2) is 9.84. The normalized spacial score (nSPS) is 14.2. The second-order valence-corrected chi connectivity index (χ2v) is 8.94. The van der Waals surface area contributed by atoms with E-state index in [0.717, 1.165) is 11.6 Å². The molecule has 0 unspecified atom stereocenters. The summed E-state index contributed by atoms with van der Waals surface area (Å²) in [5, 5.41) is 5.87. The van der Waals surface area contributed by atoms with Crippen LogP contribution in [-0.4, -0.2) is 39.3 Å². The highest BCUT2D eigenvalue weighted by Gasteiger charge is 2.66. The fourth-order valence-corrected chi connectivity index (χ4v) is 4.09. The highest BCUT2D eigenvalue weighted by Crippen LogP contribution is 2.59. The van der Waals surface area contributed by atoms with E-state index in [0.29, 0.717) is 29.1 Å². The highest BCUT2D eigenvalue weighted by atomic mass is 19.4. The largest absolute Gasteiger partial charge is 0.495 e. The number of nitrogens with zero attached hydrogens (tertiary/aromatic N) is 4. The zero-order valence-electron chi connectivity index (χ0n) is 20.1. The lowest BCUT2D eigenvalue weighted by Gasteiger charge is -2.14. The molecule has 1 saturated carbocycles. The van der Waals surface area contributed by atoms with Crippen LogP contribution in [0.25, 0.3) is 11.1 Å². The van der Waals surface area contributed by atoms with Gasteiger partial charge in [0.2, 0.25) is 5.91 Å². The third-order valence-electron chi connectivity index (χ3n) is 6.42. The van der Waals surface area contributed by atoms with Gasteiger partial charge in [-0.1, -0.05) is 17.3 Å². The number of amides is 1. The minimum absolute atomic E-state index is 0.0934. The standard InChI is InChI=1S/C26H21F4N5O3/c1-37-20-14-31-7-4-17(20)9-22-32-12-18(13-33-22)15-2-3-16(19(27)8-15)10-24(36)34-23-11-21(38-35-23)25(5-6-25)26(28,29)30/h2-4,7-8,11-14H,5-6,9-10H2,1H3,(H,34,35,36). The summed E-state index contributed by atoms with van der Waals surface area (Å²) in [6.45, 7) is 0. The van der Waals surface area contributed by atoms with Crippen LogP contribution in [0.15, 0.2) is 59.6 Å². The first-order chi connectivity index (χ1) is 18.2. The number of rotatable bonds is 8. The number of hydrogen-bond donors (Lipinski definition) is 1. The predicted octanol–water partition coefficient (Wildman–Crippen LogP) is 5.04. The minimum Gasteiger partial charge on any atom is -0.495 e. The van der Waals surface area contributed by atoms with E-state index < -0.39 is 23.3 Å². The number of carbonyl (C=O) groups excluding carboxylic acids is 1. The topological polar surface area (TPSA) is 103 Å². The molecule has 0 spiro atoms. The van der Waals surface area contributed by atoms with Crippen molar-refractivity contribution in [3.05, 3.63) is 83.6 Å². The molecule has 0 radical (unpaired) electrons. The van der Waals surface area contributed by atoms with E-state index in [1.54, 1.807) is 38.0 Å². The molecule has 38 heavy (non-hydrogen) atoms. The lowest BCUT2D eigenvalue weighted by atomic mass is 10.0. The van der Waals surface area contributed by atoms with Gasteiger partial charge in [-0.2, -0.15) is 13.2 Å². The van der Waals surface area contributed by atoms with Crippen LogP contribution in [0.1, 0.15) is 35.6 Å². The lowest BCUT2D eigenvalue weighted by Crippen LogP contribution is -2.28. The van der Waals surface area contributed by atoms with E-state index in [1.165, 1.54) is 12.1 Å². The number of halogens is 4. The first-order valence-electron chi connectivity index (χ1n) is 11.6. The number of nitrogens with one attached hydrogen (secondary N) is 1. The molecule has 12 heteroatoms. The number of methoxy groups -OCH3 is 1. The highest BCUT2D eigenvalue weighted by molar-refractivity contribution is 5.91. The number of pyridine rings is 1. The molecule has 1 fully saturated rings. The Bertz CT molecular complexity index is 1470. The Morgan fingerprint density at radius 2 is 1.84 bits per heavy atom. The maximum absolute atomic E-state index is 14.8. The maximum atomic E-state index is 14.8. The Morgan fingerprint density at radius 1 is 1.08 bits per heavy atom. The van der Waals surface area contributed by atoms with Crippen LogP contribution >= 0.6 is 0 Å². The molecule has 0 bridgehead atoms. The lowest BCUT2D eigenvalue weighted by molar-refractivity contribution is -0.165. The molecule has 3 heterocycles. The zero-order chi connectivity index (χ0) is 26.9. The van der Waals surface area contributed by atoms with Crippen molar-refractivity contribution in [3.8, 4) is 16.9 Å². The van der Waals surface area contributed by atoms with Gasteiger partial charge in [-0.3, -0.25) is 9.78 Å². The Morgan fingerprint density at radius 3 is 2.50 bits per heavy atom.